The van der Waals surface area contributed by atoms with Gasteiger partial charge in [-0.1, -0.05) is 0 Å². The van der Waals surface area contributed by atoms with Gasteiger partial charge in [0.05, 0.1) is 5.56 Å². The van der Waals surface area contributed by atoms with Crippen molar-refractivity contribution >= 4 is 17.6 Å². The Morgan fingerprint density at radius 3 is 3.18 bits per heavy atom. The van der Waals surface area contributed by atoms with E-state index >= 15 is 0 Å². The molecule has 0 amide bonds. The van der Waals surface area contributed by atoms with Gasteiger partial charge >= 0.3 is 5.97 Å². The zero-order valence-corrected chi connectivity index (χ0v) is 9.31. The van der Waals surface area contributed by atoms with Crippen LogP contribution >= 0.6 is 0 Å². The van der Waals surface area contributed by atoms with Crippen LogP contribution in [0.15, 0.2) is 23.3 Å². The largest absolute Gasteiger partial charge is 0.480 e. The topological polar surface area (TPSA) is 86.6 Å². The number of aliphatic imine (C=N–C) groups is 1. The molecule has 2 heterocycles. The van der Waals surface area contributed by atoms with Gasteiger partial charge in [-0.05, 0) is 18.6 Å². The number of amidine groups is 1. The molecule has 1 aromatic heterocycles. The number of carbonyl (C=O) groups is 1. The van der Waals surface area contributed by atoms with Crippen molar-refractivity contribution < 1.29 is 9.90 Å². The smallest absolute Gasteiger partial charge is 0.322 e. The highest BCUT2D eigenvalue weighted by molar-refractivity contribution is 6.03. The number of carboxylic acid groups (broad SMARTS) is 1. The molecule has 0 fully saturated rings. The predicted molar refractivity (Wildman–Crippen MR) is 64.4 cm³/mol. The van der Waals surface area contributed by atoms with Crippen LogP contribution in [0, 0.1) is 0 Å². The van der Waals surface area contributed by atoms with Crippen LogP contribution in [0.5, 0.6) is 0 Å². The van der Waals surface area contributed by atoms with E-state index in [1.54, 1.807) is 12.3 Å². The lowest BCUT2D eigenvalue weighted by atomic mass is 10.2. The van der Waals surface area contributed by atoms with Crippen molar-refractivity contribution in [2.45, 2.75) is 6.42 Å². The molecule has 0 unspecified atom stereocenters. The lowest BCUT2D eigenvalue weighted by Gasteiger charge is -2.16. The number of rotatable bonds is 4. The van der Waals surface area contributed by atoms with E-state index in [-0.39, 0.29) is 6.54 Å². The first-order valence-electron chi connectivity index (χ1n) is 5.47. The van der Waals surface area contributed by atoms with Gasteiger partial charge in [-0.25, -0.2) is 4.98 Å². The second-order valence-corrected chi connectivity index (χ2v) is 3.66. The highest BCUT2D eigenvalue weighted by Crippen LogP contribution is 2.12. The SMILES string of the molecule is O=C(O)CNc1ncccc1C1=NCCCN1. The van der Waals surface area contributed by atoms with Gasteiger partial charge in [-0.3, -0.25) is 9.79 Å². The summed E-state index contributed by atoms with van der Waals surface area (Å²) in [5.41, 5.74) is 0.813. The van der Waals surface area contributed by atoms with Gasteiger partial charge in [0.15, 0.2) is 0 Å². The molecule has 0 aliphatic carbocycles. The molecule has 6 heteroatoms. The van der Waals surface area contributed by atoms with E-state index in [0.29, 0.717) is 5.82 Å². The van der Waals surface area contributed by atoms with Gasteiger partial charge in [-0.2, -0.15) is 0 Å². The van der Waals surface area contributed by atoms with E-state index in [9.17, 15) is 4.79 Å². The third kappa shape index (κ3) is 2.93. The molecule has 1 aliphatic rings. The van der Waals surface area contributed by atoms with Crippen LogP contribution in [0.25, 0.3) is 0 Å². The molecule has 90 valence electrons. The van der Waals surface area contributed by atoms with Gasteiger partial charge in [0.2, 0.25) is 0 Å². The fourth-order valence-corrected chi connectivity index (χ4v) is 1.61. The molecule has 6 nitrogen and oxygen atoms in total. The minimum Gasteiger partial charge on any atom is -0.480 e. The normalized spacial score (nSPS) is 14.7. The van der Waals surface area contributed by atoms with Gasteiger partial charge < -0.3 is 15.7 Å². The molecule has 2 rings (SSSR count). The van der Waals surface area contributed by atoms with Gasteiger partial charge in [0.25, 0.3) is 0 Å². The van der Waals surface area contributed by atoms with Crippen LogP contribution in [0.2, 0.25) is 0 Å². The number of nitrogens with one attached hydrogen (secondary N) is 2. The summed E-state index contributed by atoms with van der Waals surface area (Å²) >= 11 is 0. The number of hydrogen-bond donors (Lipinski definition) is 3. The van der Waals surface area contributed by atoms with Crippen LogP contribution in [0.4, 0.5) is 5.82 Å². The molecule has 0 spiro atoms. The molecule has 0 aromatic carbocycles. The van der Waals surface area contributed by atoms with Crippen molar-refractivity contribution in [2.75, 3.05) is 25.0 Å². The quantitative estimate of drug-likeness (QED) is 0.698. The van der Waals surface area contributed by atoms with E-state index in [0.717, 1.165) is 30.9 Å². The highest BCUT2D eigenvalue weighted by Gasteiger charge is 2.12. The molecule has 0 saturated carbocycles. The maximum absolute atomic E-state index is 10.5. The zero-order chi connectivity index (χ0) is 12.1. The first-order chi connectivity index (χ1) is 8.27. The number of aromatic nitrogens is 1. The molecule has 17 heavy (non-hydrogen) atoms. The van der Waals surface area contributed by atoms with Crippen molar-refractivity contribution in [1.82, 2.24) is 10.3 Å². The average Bonchev–Trinajstić information content (AvgIpc) is 2.38. The Morgan fingerprint density at radius 2 is 2.47 bits per heavy atom. The van der Waals surface area contributed by atoms with Crippen molar-refractivity contribution in [3.8, 4) is 0 Å². The maximum Gasteiger partial charge on any atom is 0.322 e. The Morgan fingerprint density at radius 1 is 1.59 bits per heavy atom. The lowest BCUT2D eigenvalue weighted by Crippen LogP contribution is -2.31. The molecular weight excluding hydrogens is 220 g/mol. The second kappa shape index (κ2) is 5.29. The van der Waals surface area contributed by atoms with Crippen molar-refractivity contribution in [1.29, 1.82) is 0 Å². The number of aliphatic carboxylic acids is 1. The van der Waals surface area contributed by atoms with E-state index in [1.807, 2.05) is 6.07 Å². The molecule has 0 atom stereocenters. The number of nitrogens with zero attached hydrogens (tertiary/aromatic N) is 2. The van der Waals surface area contributed by atoms with Crippen LogP contribution in [0.1, 0.15) is 12.0 Å². The summed E-state index contributed by atoms with van der Waals surface area (Å²) in [4.78, 5) is 19.0. The third-order valence-corrected chi connectivity index (χ3v) is 2.37. The maximum atomic E-state index is 10.5. The Labute approximate surface area is 98.8 Å². The zero-order valence-electron chi connectivity index (χ0n) is 9.31. The minimum atomic E-state index is -0.917. The second-order valence-electron chi connectivity index (χ2n) is 3.66. The number of pyridine rings is 1. The summed E-state index contributed by atoms with van der Waals surface area (Å²) in [6, 6.07) is 3.68. The fourth-order valence-electron chi connectivity index (χ4n) is 1.61. The van der Waals surface area contributed by atoms with Crippen molar-refractivity contribution in [3.63, 3.8) is 0 Å². The molecule has 3 N–H and O–H groups in total. The predicted octanol–water partition coefficient (Wildman–Crippen LogP) is 0.318. The first kappa shape index (κ1) is 11.4. The summed E-state index contributed by atoms with van der Waals surface area (Å²) in [6.45, 7) is 1.51. The molecular formula is C11H14N4O2. The summed E-state index contributed by atoms with van der Waals surface area (Å²) in [5.74, 6) is 0.403. The van der Waals surface area contributed by atoms with Crippen LogP contribution in [0.3, 0.4) is 0 Å². The molecule has 1 aliphatic heterocycles. The summed E-state index contributed by atoms with van der Waals surface area (Å²) in [7, 11) is 0. The summed E-state index contributed by atoms with van der Waals surface area (Å²) in [5, 5.41) is 14.6. The Kier molecular flexibility index (Phi) is 3.54. The fraction of sp³-hybridized carbons (Fsp3) is 0.364. The van der Waals surface area contributed by atoms with Gasteiger partial charge in [0.1, 0.15) is 18.2 Å². The minimum absolute atomic E-state index is 0.155. The standard InChI is InChI=1S/C11H14N4O2/c16-9(17)7-15-11-8(3-1-4-12-11)10-13-5-2-6-14-10/h1,3-4H,2,5-7H2,(H,12,15)(H,13,14)(H,16,17). The average molecular weight is 234 g/mol. The van der Waals surface area contributed by atoms with Crippen molar-refractivity contribution in [3.05, 3.63) is 23.9 Å². The first-order valence-corrected chi connectivity index (χ1v) is 5.47. The number of anilines is 1. The number of carboxylic acids is 1. The summed E-state index contributed by atoms with van der Waals surface area (Å²) < 4.78 is 0. The van der Waals surface area contributed by atoms with Gasteiger partial charge in [0, 0.05) is 19.3 Å². The molecule has 0 radical (unpaired) electrons. The Bertz CT molecular complexity index is 445. The van der Waals surface area contributed by atoms with E-state index < -0.39 is 5.97 Å². The van der Waals surface area contributed by atoms with E-state index in [2.05, 4.69) is 20.6 Å². The monoisotopic (exact) mass is 234 g/mol. The molecule has 1 aromatic rings. The lowest BCUT2D eigenvalue weighted by molar-refractivity contribution is -0.134. The number of hydrogen-bond acceptors (Lipinski definition) is 5. The van der Waals surface area contributed by atoms with E-state index in [1.165, 1.54) is 0 Å². The highest BCUT2D eigenvalue weighted by atomic mass is 16.4. The van der Waals surface area contributed by atoms with Crippen LogP contribution in [-0.2, 0) is 4.79 Å². The third-order valence-electron chi connectivity index (χ3n) is 2.37. The summed E-state index contributed by atoms with van der Waals surface area (Å²) in [6.07, 6.45) is 2.64. The Balaban J connectivity index is 2.20. The van der Waals surface area contributed by atoms with Crippen LogP contribution in [-0.4, -0.2) is 41.5 Å². The van der Waals surface area contributed by atoms with Gasteiger partial charge in [-0.15, -0.1) is 0 Å². The van der Waals surface area contributed by atoms with E-state index in [4.69, 9.17) is 5.11 Å². The molecule has 0 saturated heterocycles. The Hall–Kier alpha value is -2.11. The molecule has 0 bridgehead atoms. The van der Waals surface area contributed by atoms with Crippen molar-refractivity contribution in [2.24, 2.45) is 4.99 Å². The van der Waals surface area contributed by atoms with Crippen LogP contribution < -0.4 is 10.6 Å².